The molecule has 0 saturated carbocycles. The maximum absolute atomic E-state index is 12.0. The van der Waals surface area contributed by atoms with Crippen molar-refractivity contribution in [3.8, 4) is 5.75 Å². The summed E-state index contributed by atoms with van der Waals surface area (Å²) in [6.07, 6.45) is -4.74. The predicted octanol–water partition coefficient (Wildman–Crippen LogP) is 2.78. The summed E-state index contributed by atoms with van der Waals surface area (Å²) in [6, 6.07) is 4.36. The van der Waals surface area contributed by atoms with Crippen LogP contribution in [0, 0.1) is 5.41 Å². The Morgan fingerprint density at radius 2 is 1.70 bits per heavy atom. The molecule has 1 aromatic rings. The van der Waals surface area contributed by atoms with Crippen LogP contribution in [0.2, 0.25) is 0 Å². The quantitative estimate of drug-likeness (QED) is 0.866. The van der Waals surface area contributed by atoms with E-state index in [1.165, 1.54) is 19.2 Å². The maximum atomic E-state index is 12.0. The average Bonchev–Trinajstić information content (AvgIpc) is 2.35. The molecule has 1 rings (SSSR count). The summed E-state index contributed by atoms with van der Waals surface area (Å²) in [6.45, 7) is 3.20. The van der Waals surface area contributed by atoms with E-state index < -0.39 is 23.8 Å². The summed E-state index contributed by atoms with van der Waals surface area (Å²) < 4.78 is 44.5. The number of rotatable bonds is 4. The van der Waals surface area contributed by atoms with Gasteiger partial charge in [-0.15, -0.1) is 13.2 Å². The Kier molecular flexibility index (Phi) is 4.65. The summed E-state index contributed by atoms with van der Waals surface area (Å²) >= 11 is 0. The molecule has 0 spiro atoms. The summed E-state index contributed by atoms with van der Waals surface area (Å²) in [5.41, 5.74) is 5.47. The number of hydrogen-bond donors (Lipinski definition) is 1. The largest absolute Gasteiger partial charge is 0.573 e. The second-order valence-electron chi connectivity index (χ2n) is 4.81. The van der Waals surface area contributed by atoms with E-state index in [1.54, 1.807) is 13.8 Å². The minimum Gasteiger partial charge on any atom is -0.469 e. The second-order valence-corrected chi connectivity index (χ2v) is 4.81. The third-order valence-electron chi connectivity index (χ3n) is 2.96. The molecule has 1 atom stereocenters. The van der Waals surface area contributed by atoms with Gasteiger partial charge < -0.3 is 15.2 Å². The highest BCUT2D eigenvalue weighted by atomic mass is 19.4. The standard InChI is InChI=1S/C13H16F3NO3/c1-12(2,11(18)19-3)10(17)8-4-6-9(7-5-8)20-13(14,15)16/h4-7,10H,17H2,1-3H3/t10-/m1/s1. The van der Waals surface area contributed by atoms with Crippen LogP contribution >= 0.6 is 0 Å². The van der Waals surface area contributed by atoms with Gasteiger partial charge in [-0.05, 0) is 31.5 Å². The Morgan fingerprint density at radius 1 is 1.20 bits per heavy atom. The molecule has 112 valence electrons. The molecular weight excluding hydrogens is 275 g/mol. The van der Waals surface area contributed by atoms with Crippen LogP contribution in [-0.2, 0) is 9.53 Å². The van der Waals surface area contributed by atoms with Gasteiger partial charge in [0.25, 0.3) is 0 Å². The molecule has 2 N–H and O–H groups in total. The highest BCUT2D eigenvalue weighted by molar-refractivity contribution is 5.77. The van der Waals surface area contributed by atoms with Crippen molar-refractivity contribution in [2.45, 2.75) is 26.3 Å². The molecule has 0 bridgehead atoms. The molecule has 0 unspecified atom stereocenters. The predicted molar refractivity (Wildman–Crippen MR) is 65.9 cm³/mol. The number of methoxy groups -OCH3 is 1. The van der Waals surface area contributed by atoms with E-state index in [1.807, 2.05) is 0 Å². The monoisotopic (exact) mass is 291 g/mol. The van der Waals surface area contributed by atoms with E-state index in [4.69, 9.17) is 5.73 Å². The van der Waals surface area contributed by atoms with Crippen LogP contribution in [0.1, 0.15) is 25.5 Å². The Bertz CT molecular complexity index is 469. The maximum Gasteiger partial charge on any atom is 0.573 e. The molecule has 4 nitrogen and oxygen atoms in total. The van der Waals surface area contributed by atoms with Gasteiger partial charge >= 0.3 is 12.3 Å². The first-order valence-electron chi connectivity index (χ1n) is 5.77. The number of hydrogen-bond acceptors (Lipinski definition) is 4. The molecule has 1 aromatic carbocycles. The summed E-state index contributed by atoms with van der Waals surface area (Å²) in [7, 11) is 1.25. The zero-order chi connectivity index (χ0) is 15.6. The average molecular weight is 291 g/mol. The zero-order valence-corrected chi connectivity index (χ0v) is 11.3. The van der Waals surface area contributed by atoms with Crippen molar-refractivity contribution in [2.75, 3.05) is 7.11 Å². The van der Waals surface area contributed by atoms with E-state index in [2.05, 4.69) is 9.47 Å². The van der Waals surface area contributed by atoms with E-state index in [0.29, 0.717) is 5.56 Å². The second kappa shape index (κ2) is 5.70. The Hall–Kier alpha value is -1.76. The molecule has 0 aliphatic carbocycles. The lowest BCUT2D eigenvalue weighted by Crippen LogP contribution is -2.37. The lowest BCUT2D eigenvalue weighted by molar-refractivity contribution is -0.274. The van der Waals surface area contributed by atoms with Gasteiger partial charge in [-0.1, -0.05) is 12.1 Å². The number of benzene rings is 1. The van der Waals surface area contributed by atoms with Crippen molar-refractivity contribution in [3.63, 3.8) is 0 Å². The van der Waals surface area contributed by atoms with Crippen molar-refractivity contribution in [2.24, 2.45) is 11.1 Å². The fourth-order valence-electron chi connectivity index (χ4n) is 1.68. The van der Waals surface area contributed by atoms with E-state index in [0.717, 1.165) is 12.1 Å². The fraction of sp³-hybridized carbons (Fsp3) is 0.462. The number of carbonyl (C=O) groups excluding carboxylic acids is 1. The van der Waals surface area contributed by atoms with Crippen molar-refractivity contribution < 1.29 is 27.4 Å². The highest BCUT2D eigenvalue weighted by Gasteiger charge is 2.37. The molecule has 0 aliphatic rings. The molecule has 0 amide bonds. The third kappa shape index (κ3) is 3.86. The molecular formula is C13H16F3NO3. The first-order valence-corrected chi connectivity index (χ1v) is 5.77. The summed E-state index contributed by atoms with van der Waals surface area (Å²) in [5.74, 6) is -0.843. The van der Waals surface area contributed by atoms with Crippen LogP contribution in [0.25, 0.3) is 0 Å². The minimum atomic E-state index is -4.74. The number of alkyl halides is 3. The SMILES string of the molecule is COC(=O)C(C)(C)[C@H](N)c1ccc(OC(F)(F)F)cc1. The van der Waals surface area contributed by atoms with Crippen molar-refractivity contribution in [1.29, 1.82) is 0 Å². The number of halogens is 3. The molecule has 0 aromatic heterocycles. The minimum absolute atomic E-state index is 0.343. The Labute approximate surface area is 114 Å². The van der Waals surface area contributed by atoms with Crippen LogP contribution in [-0.4, -0.2) is 19.4 Å². The topological polar surface area (TPSA) is 61.5 Å². The fourth-order valence-corrected chi connectivity index (χ4v) is 1.68. The van der Waals surface area contributed by atoms with Gasteiger partial charge in [0.05, 0.1) is 12.5 Å². The summed E-state index contributed by atoms with van der Waals surface area (Å²) in [5, 5.41) is 0. The zero-order valence-electron chi connectivity index (χ0n) is 11.3. The molecule has 0 radical (unpaired) electrons. The first kappa shape index (κ1) is 16.3. The molecule has 0 fully saturated rings. The van der Waals surface area contributed by atoms with Gasteiger partial charge in [-0.25, -0.2) is 0 Å². The molecule has 20 heavy (non-hydrogen) atoms. The number of nitrogens with two attached hydrogens (primary N) is 1. The van der Waals surface area contributed by atoms with Crippen molar-refractivity contribution >= 4 is 5.97 Å². The highest BCUT2D eigenvalue weighted by Crippen LogP contribution is 2.33. The molecule has 0 heterocycles. The van der Waals surface area contributed by atoms with Crippen LogP contribution in [0.5, 0.6) is 5.75 Å². The van der Waals surface area contributed by atoms with Gasteiger partial charge in [-0.3, -0.25) is 4.79 Å². The molecule has 0 saturated heterocycles. The Morgan fingerprint density at radius 3 is 2.10 bits per heavy atom. The smallest absolute Gasteiger partial charge is 0.469 e. The number of esters is 1. The third-order valence-corrected chi connectivity index (χ3v) is 2.96. The van der Waals surface area contributed by atoms with Crippen LogP contribution in [0.4, 0.5) is 13.2 Å². The van der Waals surface area contributed by atoms with E-state index >= 15 is 0 Å². The lowest BCUT2D eigenvalue weighted by atomic mass is 9.81. The van der Waals surface area contributed by atoms with Crippen molar-refractivity contribution in [3.05, 3.63) is 29.8 Å². The van der Waals surface area contributed by atoms with Crippen LogP contribution in [0.15, 0.2) is 24.3 Å². The molecule has 0 aliphatic heterocycles. The number of carbonyl (C=O) groups is 1. The lowest BCUT2D eigenvalue weighted by Gasteiger charge is -2.29. The Balaban J connectivity index is 2.91. The van der Waals surface area contributed by atoms with Gasteiger partial charge in [0.1, 0.15) is 5.75 Å². The van der Waals surface area contributed by atoms with E-state index in [-0.39, 0.29) is 5.75 Å². The van der Waals surface area contributed by atoms with Crippen LogP contribution < -0.4 is 10.5 Å². The van der Waals surface area contributed by atoms with Gasteiger partial charge in [0.2, 0.25) is 0 Å². The van der Waals surface area contributed by atoms with Gasteiger partial charge in [0.15, 0.2) is 0 Å². The van der Waals surface area contributed by atoms with Crippen molar-refractivity contribution in [1.82, 2.24) is 0 Å². The summed E-state index contributed by atoms with van der Waals surface area (Å²) in [4.78, 5) is 11.6. The van der Waals surface area contributed by atoms with Gasteiger partial charge in [-0.2, -0.15) is 0 Å². The van der Waals surface area contributed by atoms with E-state index in [9.17, 15) is 18.0 Å². The normalized spacial score (nSPS) is 13.8. The van der Waals surface area contributed by atoms with Crippen LogP contribution in [0.3, 0.4) is 0 Å². The first-order chi connectivity index (χ1) is 9.08. The molecule has 7 heteroatoms. The van der Waals surface area contributed by atoms with Gasteiger partial charge in [0, 0.05) is 6.04 Å². The number of ether oxygens (including phenoxy) is 2.